The molecule has 0 amide bonds. The van der Waals surface area contributed by atoms with E-state index in [1.807, 2.05) is 20.8 Å². The van der Waals surface area contributed by atoms with Gasteiger partial charge in [-0.1, -0.05) is 20.8 Å². The highest BCUT2D eigenvalue weighted by Crippen LogP contribution is 2.41. The normalized spacial score (nSPS) is 42.0. The number of alkyl halides is 3. The predicted octanol–water partition coefficient (Wildman–Crippen LogP) is 3.73. The first kappa shape index (κ1) is 11.2. The lowest BCUT2D eigenvalue weighted by molar-refractivity contribution is 0.0645. The van der Waals surface area contributed by atoms with Gasteiger partial charge >= 0.3 is 0 Å². The van der Waals surface area contributed by atoms with E-state index in [1.165, 1.54) is 0 Å². The van der Waals surface area contributed by atoms with E-state index in [4.69, 9.17) is 11.6 Å². The fourth-order valence-corrected chi connectivity index (χ4v) is 2.04. The van der Waals surface area contributed by atoms with Crippen LogP contribution < -0.4 is 0 Å². The van der Waals surface area contributed by atoms with Crippen molar-refractivity contribution >= 4 is 11.6 Å². The highest BCUT2D eigenvalue weighted by Gasteiger charge is 2.41. The monoisotopic (exact) mass is 210 g/mol. The second kappa shape index (κ2) is 3.72. The minimum atomic E-state index is -1.19. The molecule has 1 fully saturated rings. The summed E-state index contributed by atoms with van der Waals surface area (Å²) in [6.45, 7) is 6.06. The molecule has 0 heterocycles. The Morgan fingerprint density at radius 1 is 1.08 bits per heavy atom. The van der Waals surface area contributed by atoms with E-state index in [1.54, 1.807) is 0 Å². The molecule has 78 valence electrons. The molecule has 2 unspecified atom stereocenters. The molecule has 0 aromatic carbocycles. The molecular weight excluding hydrogens is 194 g/mol. The minimum Gasteiger partial charge on any atom is -0.246 e. The molecule has 0 aliphatic heterocycles. The highest BCUT2D eigenvalue weighted by molar-refractivity contribution is 6.21. The molecule has 1 aliphatic rings. The summed E-state index contributed by atoms with van der Waals surface area (Å²) in [6.07, 6.45) is -1.57. The Morgan fingerprint density at radius 3 is 1.77 bits per heavy atom. The molecule has 0 spiro atoms. The Bertz CT molecular complexity index is 164. The van der Waals surface area contributed by atoms with Crippen molar-refractivity contribution in [2.24, 2.45) is 11.3 Å². The van der Waals surface area contributed by atoms with Gasteiger partial charge in [-0.25, -0.2) is 8.78 Å². The maximum Gasteiger partial charge on any atom is 0.120 e. The van der Waals surface area contributed by atoms with Crippen LogP contribution >= 0.6 is 11.6 Å². The Morgan fingerprint density at radius 2 is 1.46 bits per heavy atom. The molecule has 0 aromatic rings. The summed E-state index contributed by atoms with van der Waals surface area (Å²) in [5, 5.41) is -0.932. The van der Waals surface area contributed by atoms with Gasteiger partial charge in [-0.2, -0.15) is 0 Å². The van der Waals surface area contributed by atoms with E-state index in [2.05, 4.69) is 0 Å². The van der Waals surface area contributed by atoms with Crippen LogP contribution in [0.25, 0.3) is 0 Å². The fraction of sp³-hybridized carbons (Fsp3) is 1.00. The molecule has 0 bridgehead atoms. The zero-order chi connectivity index (χ0) is 10.2. The minimum absolute atomic E-state index is 0.0221. The molecule has 1 rings (SSSR count). The van der Waals surface area contributed by atoms with Gasteiger partial charge in [0.05, 0.1) is 5.38 Å². The zero-order valence-electron chi connectivity index (χ0n) is 8.36. The van der Waals surface area contributed by atoms with Crippen LogP contribution in [0, 0.1) is 11.3 Å². The van der Waals surface area contributed by atoms with E-state index >= 15 is 0 Å². The summed E-state index contributed by atoms with van der Waals surface area (Å²) in [4.78, 5) is 0. The van der Waals surface area contributed by atoms with Crippen molar-refractivity contribution in [2.45, 2.75) is 51.3 Å². The average Bonchev–Trinajstić information content (AvgIpc) is 1.97. The Hall–Kier alpha value is 0.150. The van der Waals surface area contributed by atoms with Gasteiger partial charge in [-0.15, -0.1) is 11.6 Å². The third-order valence-electron chi connectivity index (χ3n) is 2.94. The summed E-state index contributed by atoms with van der Waals surface area (Å²) in [6, 6.07) is 0. The second-order valence-electron chi connectivity index (χ2n) is 5.01. The quantitative estimate of drug-likeness (QED) is 0.535. The molecule has 13 heavy (non-hydrogen) atoms. The SMILES string of the molecule is CC(C)(C)C1CC(F)C(Cl)C(F)C1. The van der Waals surface area contributed by atoms with Crippen LogP contribution in [0.4, 0.5) is 8.78 Å². The van der Waals surface area contributed by atoms with Gasteiger partial charge in [0, 0.05) is 0 Å². The van der Waals surface area contributed by atoms with Crippen molar-refractivity contribution in [1.82, 2.24) is 0 Å². The average molecular weight is 211 g/mol. The van der Waals surface area contributed by atoms with Crippen LogP contribution in [0.3, 0.4) is 0 Å². The van der Waals surface area contributed by atoms with Crippen LogP contribution in [0.2, 0.25) is 0 Å². The lowest BCUT2D eigenvalue weighted by Crippen LogP contribution is -2.40. The number of hydrogen-bond donors (Lipinski definition) is 0. The molecule has 0 aromatic heterocycles. The Labute approximate surface area is 83.7 Å². The third kappa shape index (κ3) is 2.55. The van der Waals surface area contributed by atoms with E-state index in [-0.39, 0.29) is 11.3 Å². The molecule has 3 heteroatoms. The van der Waals surface area contributed by atoms with Gasteiger partial charge in [-0.05, 0) is 24.2 Å². The predicted molar refractivity (Wildman–Crippen MR) is 51.6 cm³/mol. The van der Waals surface area contributed by atoms with Crippen LogP contribution in [0.1, 0.15) is 33.6 Å². The summed E-state index contributed by atoms with van der Waals surface area (Å²) >= 11 is 5.58. The van der Waals surface area contributed by atoms with Crippen molar-refractivity contribution < 1.29 is 8.78 Å². The van der Waals surface area contributed by atoms with Gasteiger partial charge in [0.15, 0.2) is 0 Å². The molecule has 0 saturated heterocycles. The molecule has 1 saturated carbocycles. The second-order valence-corrected chi connectivity index (χ2v) is 5.51. The number of rotatable bonds is 0. The van der Waals surface area contributed by atoms with Gasteiger partial charge < -0.3 is 0 Å². The molecular formula is C10H17ClF2. The summed E-state index contributed by atoms with van der Waals surface area (Å²) in [5.74, 6) is 0.104. The topological polar surface area (TPSA) is 0 Å². The first-order valence-corrected chi connectivity index (χ1v) is 5.18. The van der Waals surface area contributed by atoms with Gasteiger partial charge in [0.2, 0.25) is 0 Å². The first-order chi connectivity index (χ1) is 5.82. The van der Waals surface area contributed by atoms with Crippen molar-refractivity contribution in [3.05, 3.63) is 0 Å². The molecule has 0 nitrogen and oxygen atoms in total. The summed E-state index contributed by atoms with van der Waals surface area (Å²) in [5.41, 5.74) is -0.0221. The maximum absolute atomic E-state index is 13.2. The largest absolute Gasteiger partial charge is 0.246 e. The van der Waals surface area contributed by atoms with Gasteiger partial charge in [0.1, 0.15) is 12.3 Å². The van der Waals surface area contributed by atoms with Gasteiger partial charge in [0.25, 0.3) is 0 Å². The maximum atomic E-state index is 13.2. The zero-order valence-corrected chi connectivity index (χ0v) is 9.11. The van der Waals surface area contributed by atoms with Crippen molar-refractivity contribution in [3.8, 4) is 0 Å². The number of hydrogen-bond acceptors (Lipinski definition) is 0. The lowest BCUT2D eigenvalue weighted by atomic mass is 9.71. The highest BCUT2D eigenvalue weighted by atomic mass is 35.5. The van der Waals surface area contributed by atoms with E-state index in [0.717, 1.165) is 0 Å². The standard InChI is InChI=1S/C10H17ClF2/c1-10(2,3)6-4-7(12)9(11)8(13)5-6/h6-9H,4-5H2,1-3H3. The van der Waals surface area contributed by atoms with Crippen LogP contribution in [-0.4, -0.2) is 17.7 Å². The molecule has 0 radical (unpaired) electrons. The molecule has 1 aliphatic carbocycles. The van der Waals surface area contributed by atoms with E-state index in [9.17, 15) is 8.78 Å². The smallest absolute Gasteiger partial charge is 0.120 e. The van der Waals surface area contributed by atoms with Crippen LogP contribution in [0.15, 0.2) is 0 Å². The van der Waals surface area contributed by atoms with Crippen LogP contribution in [0.5, 0.6) is 0 Å². The van der Waals surface area contributed by atoms with Crippen molar-refractivity contribution in [1.29, 1.82) is 0 Å². The fourth-order valence-electron chi connectivity index (χ4n) is 1.83. The number of halogens is 3. The van der Waals surface area contributed by atoms with Crippen molar-refractivity contribution in [2.75, 3.05) is 0 Å². The van der Waals surface area contributed by atoms with E-state index in [0.29, 0.717) is 12.8 Å². The van der Waals surface area contributed by atoms with Gasteiger partial charge in [-0.3, -0.25) is 0 Å². The summed E-state index contributed by atoms with van der Waals surface area (Å²) in [7, 11) is 0. The van der Waals surface area contributed by atoms with Crippen molar-refractivity contribution in [3.63, 3.8) is 0 Å². The summed E-state index contributed by atoms with van der Waals surface area (Å²) < 4.78 is 26.5. The Balaban J connectivity index is 2.64. The third-order valence-corrected chi connectivity index (χ3v) is 3.48. The molecule has 2 atom stereocenters. The first-order valence-electron chi connectivity index (χ1n) is 4.74. The molecule has 0 N–H and O–H groups in total. The Kier molecular flexibility index (Phi) is 3.21. The van der Waals surface area contributed by atoms with E-state index < -0.39 is 17.7 Å². The van der Waals surface area contributed by atoms with Crippen LogP contribution in [-0.2, 0) is 0 Å². The lowest BCUT2D eigenvalue weighted by Gasteiger charge is -2.38.